The highest BCUT2D eigenvalue weighted by Gasteiger charge is 2.07. The minimum atomic E-state index is -0.267. The van der Waals surface area contributed by atoms with Crippen LogP contribution in [0.2, 0.25) is 0 Å². The van der Waals surface area contributed by atoms with Crippen molar-refractivity contribution in [2.75, 3.05) is 12.4 Å². The third-order valence-corrected chi connectivity index (χ3v) is 3.82. The number of rotatable bonds is 7. The Bertz CT molecular complexity index is 821. The number of nitrogens with one attached hydrogen (secondary N) is 1. The number of ether oxygens (including phenoxy) is 2. The largest absolute Gasteiger partial charge is 0.493 e. The molecule has 0 fully saturated rings. The van der Waals surface area contributed by atoms with Crippen molar-refractivity contribution in [1.29, 1.82) is 0 Å². The van der Waals surface area contributed by atoms with Crippen LogP contribution in [0, 0.1) is 5.82 Å². The van der Waals surface area contributed by atoms with E-state index in [1.54, 1.807) is 25.3 Å². The van der Waals surface area contributed by atoms with Crippen LogP contribution in [0.5, 0.6) is 11.5 Å². The second-order valence-electron chi connectivity index (χ2n) is 5.59. The molecule has 1 N–H and O–H groups in total. The summed E-state index contributed by atoms with van der Waals surface area (Å²) in [6.45, 7) is 0.952. The molecule has 0 bridgehead atoms. The maximum absolute atomic E-state index is 13.7. The molecule has 0 aliphatic heterocycles. The fourth-order valence-corrected chi connectivity index (χ4v) is 2.48. The lowest BCUT2D eigenvalue weighted by Crippen LogP contribution is -2.03. The fourth-order valence-electron chi connectivity index (χ4n) is 2.48. The van der Waals surface area contributed by atoms with Crippen LogP contribution >= 0.6 is 0 Å². The summed E-state index contributed by atoms with van der Waals surface area (Å²) < 4.78 is 25.0. The van der Waals surface area contributed by atoms with Crippen molar-refractivity contribution >= 4 is 5.69 Å². The Balaban J connectivity index is 1.70. The summed E-state index contributed by atoms with van der Waals surface area (Å²) in [4.78, 5) is 0. The van der Waals surface area contributed by atoms with Gasteiger partial charge >= 0.3 is 0 Å². The van der Waals surface area contributed by atoms with E-state index in [4.69, 9.17) is 9.47 Å². The van der Waals surface area contributed by atoms with Gasteiger partial charge in [0.2, 0.25) is 0 Å². The minimum Gasteiger partial charge on any atom is -0.493 e. The summed E-state index contributed by atoms with van der Waals surface area (Å²) >= 11 is 0. The molecule has 3 aromatic rings. The van der Waals surface area contributed by atoms with Crippen LogP contribution in [0.25, 0.3) is 0 Å². The summed E-state index contributed by atoms with van der Waals surface area (Å²) in [6.07, 6.45) is 0. The maximum atomic E-state index is 13.7. The van der Waals surface area contributed by atoms with Gasteiger partial charge in [-0.05, 0) is 35.4 Å². The molecular formula is C21H20FNO2. The SMILES string of the molecule is COc1ccc(CNc2ccccc2F)cc1OCc1ccccc1. The van der Waals surface area contributed by atoms with Gasteiger partial charge in [0.05, 0.1) is 12.8 Å². The molecule has 0 saturated heterocycles. The molecule has 0 aliphatic rings. The predicted molar refractivity (Wildman–Crippen MR) is 97.5 cm³/mol. The van der Waals surface area contributed by atoms with Crippen molar-refractivity contribution in [2.24, 2.45) is 0 Å². The lowest BCUT2D eigenvalue weighted by Gasteiger charge is -2.13. The number of hydrogen-bond donors (Lipinski definition) is 1. The number of methoxy groups -OCH3 is 1. The Morgan fingerprint density at radius 2 is 1.60 bits per heavy atom. The van der Waals surface area contributed by atoms with Crippen molar-refractivity contribution in [3.8, 4) is 11.5 Å². The van der Waals surface area contributed by atoms with Crippen LogP contribution in [0.4, 0.5) is 10.1 Å². The molecular weight excluding hydrogens is 317 g/mol. The Morgan fingerprint density at radius 1 is 0.840 bits per heavy atom. The quantitative estimate of drug-likeness (QED) is 0.656. The summed E-state index contributed by atoms with van der Waals surface area (Å²) in [5.41, 5.74) is 2.54. The molecule has 0 spiro atoms. The van der Waals surface area contributed by atoms with Crippen LogP contribution in [0.15, 0.2) is 72.8 Å². The molecule has 3 nitrogen and oxygen atoms in total. The molecule has 0 aliphatic carbocycles. The molecule has 0 heterocycles. The van der Waals surface area contributed by atoms with E-state index in [0.29, 0.717) is 30.3 Å². The summed E-state index contributed by atoms with van der Waals surface area (Å²) in [5.74, 6) is 1.07. The highest BCUT2D eigenvalue weighted by Crippen LogP contribution is 2.29. The lowest BCUT2D eigenvalue weighted by molar-refractivity contribution is 0.284. The summed E-state index contributed by atoms with van der Waals surface area (Å²) in [5, 5.41) is 3.10. The standard InChI is InChI=1S/C21H20FNO2/c1-24-20-12-11-17(14-23-19-10-6-5-9-18(19)22)13-21(20)25-15-16-7-3-2-4-8-16/h2-13,23H,14-15H2,1H3. The Morgan fingerprint density at radius 3 is 2.36 bits per heavy atom. The van der Waals surface area contributed by atoms with Gasteiger partial charge in [-0.25, -0.2) is 4.39 Å². The second kappa shape index (κ2) is 8.20. The van der Waals surface area contributed by atoms with Crippen LogP contribution in [-0.4, -0.2) is 7.11 Å². The van der Waals surface area contributed by atoms with Crippen LogP contribution in [-0.2, 0) is 13.2 Å². The van der Waals surface area contributed by atoms with E-state index in [1.807, 2.05) is 48.5 Å². The van der Waals surface area contributed by atoms with Gasteiger partial charge in [-0.2, -0.15) is 0 Å². The molecule has 128 valence electrons. The Kier molecular flexibility index (Phi) is 5.52. The summed E-state index contributed by atoms with van der Waals surface area (Å²) in [7, 11) is 1.61. The van der Waals surface area contributed by atoms with Gasteiger partial charge in [-0.15, -0.1) is 0 Å². The molecule has 3 rings (SSSR count). The van der Waals surface area contributed by atoms with Crippen molar-refractivity contribution in [1.82, 2.24) is 0 Å². The fraction of sp³-hybridized carbons (Fsp3) is 0.143. The summed E-state index contributed by atoms with van der Waals surface area (Å²) in [6, 6.07) is 22.3. The first-order valence-corrected chi connectivity index (χ1v) is 8.08. The normalized spacial score (nSPS) is 10.3. The molecule has 0 atom stereocenters. The Labute approximate surface area is 147 Å². The van der Waals surface area contributed by atoms with Crippen LogP contribution in [0.3, 0.4) is 0 Å². The van der Waals surface area contributed by atoms with E-state index in [9.17, 15) is 4.39 Å². The van der Waals surface area contributed by atoms with Crippen molar-refractivity contribution in [3.05, 3.63) is 89.7 Å². The maximum Gasteiger partial charge on any atom is 0.162 e. The molecule has 25 heavy (non-hydrogen) atoms. The molecule has 4 heteroatoms. The number of hydrogen-bond acceptors (Lipinski definition) is 3. The number of benzene rings is 3. The third-order valence-electron chi connectivity index (χ3n) is 3.82. The van der Waals surface area contributed by atoms with Crippen molar-refractivity contribution in [2.45, 2.75) is 13.2 Å². The Hall–Kier alpha value is -3.01. The number of anilines is 1. The van der Waals surface area contributed by atoms with Crippen molar-refractivity contribution < 1.29 is 13.9 Å². The second-order valence-corrected chi connectivity index (χ2v) is 5.59. The average molecular weight is 337 g/mol. The third kappa shape index (κ3) is 4.51. The minimum absolute atomic E-state index is 0.267. The molecule has 0 radical (unpaired) electrons. The van der Waals surface area contributed by atoms with Gasteiger partial charge in [-0.1, -0.05) is 48.5 Å². The predicted octanol–water partition coefficient (Wildman–Crippen LogP) is 5.03. The van der Waals surface area contributed by atoms with E-state index >= 15 is 0 Å². The van der Waals surface area contributed by atoms with Gasteiger partial charge in [0.1, 0.15) is 12.4 Å². The van der Waals surface area contributed by atoms with E-state index < -0.39 is 0 Å². The molecule has 0 amide bonds. The average Bonchev–Trinajstić information content (AvgIpc) is 2.66. The van der Waals surface area contributed by atoms with Gasteiger partial charge in [0.25, 0.3) is 0 Å². The lowest BCUT2D eigenvalue weighted by atomic mass is 10.2. The zero-order valence-electron chi connectivity index (χ0n) is 14.0. The highest BCUT2D eigenvalue weighted by molar-refractivity contribution is 5.47. The van der Waals surface area contributed by atoms with Crippen LogP contribution < -0.4 is 14.8 Å². The zero-order valence-corrected chi connectivity index (χ0v) is 14.0. The zero-order chi connectivity index (χ0) is 17.5. The van der Waals surface area contributed by atoms with Crippen LogP contribution in [0.1, 0.15) is 11.1 Å². The van der Waals surface area contributed by atoms with E-state index in [-0.39, 0.29) is 5.82 Å². The van der Waals surface area contributed by atoms with Gasteiger partial charge in [0.15, 0.2) is 11.5 Å². The van der Waals surface area contributed by atoms with Gasteiger partial charge < -0.3 is 14.8 Å². The monoisotopic (exact) mass is 337 g/mol. The smallest absolute Gasteiger partial charge is 0.162 e. The number of para-hydroxylation sites is 1. The first-order valence-electron chi connectivity index (χ1n) is 8.08. The van der Waals surface area contributed by atoms with Gasteiger partial charge in [0, 0.05) is 6.54 Å². The van der Waals surface area contributed by atoms with E-state index in [1.165, 1.54) is 6.07 Å². The first-order chi connectivity index (χ1) is 12.3. The molecule has 0 unspecified atom stereocenters. The van der Waals surface area contributed by atoms with E-state index in [2.05, 4.69) is 5.32 Å². The highest BCUT2D eigenvalue weighted by atomic mass is 19.1. The van der Waals surface area contributed by atoms with E-state index in [0.717, 1.165) is 11.1 Å². The van der Waals surface area contributed by atoms with Gasteiger partial charge in [-0.3, -0.25) is 0 Å². The van der Waals surface area contributed by atoms with Crippen molar-refractivity contribution in [3.63, 3.8) is 0 Å². The number of halogens is 1. The topological polar surface area (TPSA) is 30.5 Å². The molecule has 0 saturated carbocycles. The first kappa shape index (κ1) is 16.8. The molecule has 0 aromatic heterocycles. The molecule has 3 aromatic carbocycles.